The average molecular weight is 255 g/mol. The van der Waals surface area contributed by atoms with Gasteiger partial charge in [-0.25, -0.2) is 0 Å². The van der Waals surface area contributed by atoms with Crippen molar-refractivity contribution in [3.05, 3.63) is 41.7 Å². The van der Waals surface area contributed by atoms with Crippen LogP contribution in [0.3, 0.4) is 0 Å². The topological polar surface area (TPSA) is 85.1 Å². The maximum Gasteiger partial charge on any atom is 0.246 e. The molecule has 2 heterocycles. The minimum Gasteiger partial charge on any atom is -0.480 e. The van der Waals surface area contributed by atoms with Gasteiger partial charge in [-0.05, 0) is 12.1 Å². The second-order valence-corrected chi connectivity index (χ2v) is 3.89. The Labute approximate surface area is 108 Å². The molecule has 0 amide bonds. The van der Waals surface area contributed by atoms with Crippen LogP contribution in [0.25, 0.3) is 11.0 Å². The summed E-state index contributed by atoms with van der Waals surface area (Å²) < 4.78 is 15.8. The average Bonchev–Trinajstić information content (AvgIpc) is 2.99. The summed E-state index contributed by atoms with van der Waals surface area (Å²) in [4.78, 5) is 4.03. The minimum atomic E-state index is 0.121. The molecule has 0 saturated carbocycles. The van der Waals surface area contributed by atoms with Crippen LogP contribution in [0.2, 0.25) is 0 Å². The third-order valence-corrected chi connectivity index (χ3v) is 2.57. The molecule has 2 aromatic heterocycles. The Bertz CT molecular complexity index is 767. The van der Waals surface area contributed by atoms with E-state index >= 15 is 0 Å². The van der Waals surface area contributed by atoms with Gasteiger partial charge < -0.3 is 13.7 Å². The van der Waals surface area contributed by atoms with Crippen LogP contribution in [-0.2, 0) is 6.61 Å². The molecule has 3 rings (SSSR count). The van der Waals surface area contributed by atoms with Gasteiger partial charge >= 0.3 is 0 Å². The molecular formula is C13H9N3O3. The fourth-order valence-corrected chi connectivity index (χ4v) is 1.78. The number of benzene rings is 1. The summed E-state index contributed by atoms with van der Waals surface area (Å²) in [6, 6.07) is 9.26. The summed E-state index contributed by atoms with van der Waals surface area (Å²) in [5, 5.41) is 13.5. The molecule has 0 spiro atoms. The van der Waals surface area contributed by atoms with Crippen molar-refractivity contribution < 1.29 is 13.7 Å². The van der Waals surface area contributed by atoms with Gasteiger partial charge in [0.15, 0.2) is 12.4 Å². The van der Waals surface area contributed by atoms with Crippen molar-refractivity contribution in [2.75, 3.05) is 0 Å². The summed E-state index contributed by atoms with van der Waals surface area (Å²) in [6.07, 6.45) is 0. The van der Waals surface area contributed by atoms with Crippen molar-refractivity contribution in [1.29, 1.82) is 5.26 Å². The summed E-state index contributed by atoms with van der Waals surface area (Å²) in [6.45, 7) is 1.82. The van der Waals surface area contributed by atoms with E-state index in [1.165, 1.54) is 0 Å². The smallest absolute Gasteiger partial charge is 0.246 e. The first-order chi connectivity index (χ1) is 9.28. The second kappa shape index (κ2) is 4.46. The molecule has 0 fully saturated rings. The molecule has 94 valence electrons. The standard InChI is InChI=1S/C13H9N3O3/c1-8-15-12(16-19-8)7-17-13-9-4-2-3-5-10(9)18-11(13)6-14/h2-5H,7H2,1H3. The Kier molecular flexibility index (Phi) is 2.65. The molecule has 0 saturated heterocycles. The van der Waals surface area contributed by atoms with E-state index in [1.807, 2.05) is 24.3 Å². The maximum absolute atomic E-state index is 9.05. The first kappa shape index (κ1) is 11.3. The lowest BCUT2D eigenvalue weighted by molar-refractivity contribution is 0.284. The molecule has 3 aromatic rings. The molecule has 19 heavy (non-hydrogen) atoms. The van der Waals surface area contributed by atoms with Crippen LogP contribution >= 0.6 is 0 Å². The van der Waals surface area contributed by atoms with E-state index in [9.17, 15) is 0 Å². The van der Waals surface area contributed by atoms with Crippen LogP contribution in [0.4, 0.5) is 0 Å². The van der Waals surface area contributed by atoms with Crippen molar-refractivity contribution in [3.63, 3.8) is 0 Å². The van der Waals surface area contributed by atoms with Gasteiger partial charge in [0, 0.05) is 6.92 Å². The maximum atomic E-state index is 9.05. The Hall–Kier alpha value is -2.81. The van der Waals surface area contributed by atoms with Gasteiger partial charge in [-0.1, -0.05) is 17.3 Å². The predicted octanol–water partition coefficient (Wildman–Crippen LogP) is 2.57. The molecule has 1 aromatic carbocycles. The number of nitriles is 1. The zero-order chi connectivity index (χ0) is 13.2. The third-order valence-electron chi connectivity index (χ3n) is 2.57. The highest BCUT2D eigenvalue weighted by Gasteiger charge is 2.16. The van der Waals surface area contributed by atoms with Gasteiger partial charge in [-0.3, -0.25) is 0 Å². The van der Waals surface area contributed by atoms with Crippen molar-refractivity contribution in [2.45, 2.75) is 13.5 Å². The third kappa shape index (κ3) is 2.02. The first-order valence-corrected chi connectivity index (χ1v) is 5.61. The highest BCUT2D eigenvalue weighted by atomic mass is 16.5. The molecule has 0 aliphatic rings. The summed E-state index contributed by atoms with van der Waals surface area (Å²) in [5.74, 6) is 1.43. The highest BCUT2D eigenvalue weighted by molar-refractivity contribution is 5.86. The van der Waals surface area contributed by atoms with Crippen molar-refractivity contribution in [2.24, 2.45) is 0 Å². The summed E-state index contributed by atoms with van der Waals surface area (Å²) >= 11 is 0. The monoisotopic (exact) mass is 255 g/mol. The van der Waals surface area contributed by atoms with E-state index in [0.29, 0.717) is 23.0 Å². The zero-order valence-corrected chi connectivity index (χ0v) is 10.1. The predicted molar refractivity (Wildman–Crippen MR) is 64.3 cm³/mol. The molecule has 0 N–H and O–H groups in total. The van der Waals surface area contributed by atoms with Crippen LogP contribution in [0.5, 0.6) is 5.75 Å². The molecule has 6 heteroatoms. The second-order valence-electron chi connectivity index (χ2n) is 3.89. The van der Waals surface area contributed by atoms with Crippen molar-refractivity contribution in [3.8, 4) is 11.8 Å². The number of ether oxygens (including phenoxy) is 1. The lowest BCUT2D eigenvalue weighted by Gasteiger charge is -2.00. The quantitative estimate of drug-likeness (QED) is 0.715. The molecule has 6 nitrogen and oxygen atoms in total. The lowest BCUT2D eigenvalue weighted by Crippen LogP contribution is -1.98. The molecule has 0 unspecified atom stereocenters. The number of rotatable bonds is 3. The van der Waals surface area contributed by atoms with Crippen LogP contribution in [0.15, 0.2) is 33.2 Å². The number of aromatic nitrogens is 2. The fraction of sp³-hybridized carbons (Fsp3) is 0.154. The minimum absolute atomic E-state index is 0.121. The van der Waals surface area contributed by atoms with Crippen LogP contribution in [0, 0.1) is 18.3 Å². The van der Waals surface area contributed by atoms with Crippen molar-refractivity contribution in [1.82, 2.24) is 10.1 Å². The van der Waals surface area contributed by atoms with Gasteiger partial charge in [-0.2, -0.15) is 10.2 Å². The Morgan fingerprint density at radius 3 is 2.95 bits per heavy atom. The van der Waals surface area contributed by atoms with E-state index in [-0.39, 0.29) is 12.4 Å². The number of fused-ring (bicyclic) bond motifs is 1. The van der Waals surface area contributed by atoms with Gasteiger partial charge in [0.2, 0.25) is 17.5 Å². The largest absolute Gasteiger partial charge is 0.480 e. The summed E-state index contributed by atoms with van der Waals surface area (Å²) in [7, 11) is 0. The van der Waals surface area contributed by atoms with Gasteiger partial charge in [0.1, 0.15) is 11.7 Å². The number of nitrogens with zero attached hydrogens (tertiary/aromatic N) is 3. The van der Waals surface area contributed by atoms with E-state index < -0.39 is 0 Å². The first-order valence-electron chi connectivity index (χ1n) is 5.61. The van der Waals surface area contributed by atoms with Crippen LogP contribution in [-0.4, -0.2) is 10.1 Å². The van der Waals surface area contributed by atoms with Crippen molar-refractivity contribution >= 4 is 11.0 Å². The molecular weight excluding hydrogens is 246 g/mol. The lowest BCUT2D eigenvalue weighted by atomic mass is 10.2. The number of hydrogen-bond donors (Lipinski definition) is 0. The van der Waals surface area contributed by atoms with Gasteiger partial charge in [0.05, 0.1) is 5.39 Å². The number of hydrogen-bond acceptors (Lipinski definition) is 6. The van der Waals surface area contributed by atoms with E-state index in [1.54, 1.807) is 13.0 Å². The van der Waals surface area contributed by atoms with Gasteiger partial charge in [0.25, 0.3) is 0 Å². The number of para-hydroxylation sites is 1. The van der Waals surface area contributed by atoms with E-state index in [0.717, 1.165) is 5.39 Å². The van der Waals surface area contributed by atoms with Crippen LogP contribution < -0.4 is 4.74 Å². The number of furan rings is 1. The van der Waals surface area contributed by atoms with Crippen LogP contribution in [0.1, 0.15) is 17.5 Å². The van der Waals surface area contributed by atoms with E-state index in [2.05, 4.69) is 10.1 Å². The molecule has 0 aliphatic carbocycles. The molecule has 0 atom stereocenters. The Balaban J connectivity index is 1.93. The molecule has 0 bridgehead atoms. The fourth-order valence-electron chi connectivity index (χ4n) is 1.78. The molecule has 0 radical (unpaired) electrons. The Morgan fingerprint density at radius 2 is 2.21 bits per heavy atom. The van der Waals surface area contributed by atoms with E-state index in [4.69, 9.17) is 18.9 Å². The van der Waals surface area contributed by atoms with Gasteiger partial charge in [-0.15, -0.1) is 0 Å². The normalized spacial score (nSPS) is 10.5. The SMILES string of the molecule is Cc1nc(COc2c(C#N)oc3ccccc23)no1. The Morgan fingerprint density at radius 1 is 1.37 bits per heavy atom. The molecule has 0 aliphatic heterocycles. The summed E-state index contributed by atoms with van der Waals surface area (Å²) in [5.41, 5.74) is 0.610. The highest BCUT2D eigenvalue weighted by Crippen LogP contribution is 2.32. The number of aryl methyl sites for hydroxylation is 1. The zero-order valence-electron chi connectivity index (χ0n) is 10.1.